The number of fused-ring (bicyclic) bond motifs is 1. The van der Waals surface area contributed by atoms with E-state index >= 15 is 0 Å². The van der Waals surface area contributed by atoms with Crippen molar-refractivity contribution in [1.29, 1.82) is 0 Å². The van der Waals surface area contributed by atoms with Gasteiger partial charge in [-0.3, -0.25) is 0 Å². The fourth-order valence-electron chi connectivity index (χ4n) is 1.14. The summed E-state index contributed by atoms with van der Waals surface area (Å²) < 4.78 is 0. The number of dihydropyridines is 1. The van der Waals surface area contributed by atoms with Gasteiger partial charge < -0.3 is 5.32 Å². The van der Waals surface area contributed by atoms with Gasteiger partial charge in [-0.1, -0.05) is 0 Å². The first-order chi connectivity index (χ1) is 4.86. The van der Waals surface area contributed by atoms with Gasteiger partial charge in [-0.2, -0.15) is 0 Å². The maximum Gasteiger partial charge on any atom is 0.0488 e. The normalized spacial score (nSPS) is 28.7. The Labute approximate surface area is 64.9 Å². The Bertz CT molecular complexity index is 238. The van der Waals surface area contributed by atoms with Crippen molar-refractivity contribution in [3.05, 3.63) is 35.0 Å². The molecule has 2 aliphatic rings. The Morgan fingerprint density at radius 3 is 3.30 bits per heavy atom. The molecule has 10 heavy (non-hydrogen) atoms. The Hall–Kier alpha value is -0.630. The second-order valence-electron chi connectivity index (χ2n) is 2.44. The zero-order valence-corrected chi connectivity index (χ0v) is 6.61. The lowest BCUT2D eigenvalue weighted by Gasteiger charge is -2.06. The molecule has 0 fully saturated rings. The third kappa shape index (κ3) is 0.886. The van der Waals surface area contributed by atoms with Crippen molar-refractivity contribution >= 4 is 11.8 Å². The maximum absolute atomic E-state index is 3.20. The van der Waals surface area contributed by atoms with Crippen molar-refractivity contribution in [1.82, 2.24) is 5.32 Å². The van der Waals surface area contributed by atoms with Gasteiger partial charge in [-0.25, -0.2) is 0 Å². The van der Waals surface area contributed by atoms with Gasteiger partial charge in [0.15, 0.2) is 0 Å². The summed E-state index contributed by atoms with van der Waals surface area (Å²) in [6, 6.07) is 0. The predicted octanol–water partition coefficient (Wildman–Crippen LogP) is 2.01. The van der Waals surface area contributed by atoms with E-state index in [0.717, 1.165) is 0 Å². The smallest absolute Gasteiger partial charge is 0.0488 e. The molecule has 0 aliphatic carbocycles. The van der Waals surface area contributed by atoms with E-state index in [1.807, 2.05) is 24.0 Å². The second-order valence-corrected chi connectivity index (χ2v) is 3.86. The molecule has 1 unspecified atom stereocenters. The van der Waals surface area contributed by atoms with Gasteiger partial charge in [-0.15, -0.1) is 11.8 Å². The van der Waals surface area contributed by atoms with Gasteiger partial charge in [0.25, 0.3) is 0 Å². The van der Waals surface area contributed by atoms with Crippen molar-refractivity contribution in [3.63, 3.8) is 0 Å². The fourth-order valence-corrected chi connectivity index (χ4v) is 2.15. The first-order valence-electron chi connectivity index (χ1n) is 3.38. The van der Waals surface area contributed by atoms with Gasteiger partial charge in [0.2, 0.25) is 0 Å². The monoisotopic (exact) mass is 151 g/mol. The van der Waals surface area contributed by atoms with Crippen molar-refractivity contribution < 1.29 is 0 Å². The van der Waals surface area contributed by atoms with E-state index in [4.69, 9.17) is 0 Å². The third-order valence-corrected chi connectivity index (χ3v) is 2.68. The molecule has 52 valence electrons. The van der Waals surface area contributed by atoms with Crippen molar-refractivity contribution in [3.8, 4) is 0 Å². The Kier molecular flexibility index (Phi) is 1.34. The molecule has 1 nitrogen and oxygen atoms in total. The molecule has 0 spiro atoms. The largest absolute Gasteiger partial charge is 0.361 e. The second kappa shape index (κ2) is 2.20. The highest BCUT2D eigenvalue weighted by Gasteiger charge is 2.17. The molecule has 1 N–H and O–H groups in total. The van der Waals surface area contributed by atoms with Crippen LogP contribution in [-0.2, 0) is 0 Å². The quantitative estimate of drug-likeness (QED) is 0.568. The Balaban J connectivity index is 2.33. The predicted molar refractivity (Wildman–Crippen MR) is 45.5 cm³/mol. The van der Waals surface area contributed by atoms with E-state index in [-0.39, 0.29) is 0 Å². The number of hydrogen-bond acceptors (Lipinski definition) is 2. The van der Waals surface area contributed by atoms with E-state index in [9.17, 15) is 0 Å². The number of nitrogens with one attached hydrogen (secondary N) is 1. The van der Waals surface area contributed by atoms with Gasteiger partial charge in [0.1, 0.15) is 0 Å². The molecule has 0 saturated heterocycles. The van der Waals surface area contributed by atoms with Crippen LogP contribution in [-0.4, -0.2) is 5.25 Å². The van der Waals surface area contributed by atoms with E-state index in [2.05, 4.69) is 24.4 Å². The summed E-state index contributed by atoms with van der Waals surface area (Å²) in [4.78, 5) is 1.37. The van der Waals surface area contributed by atoms with Crippen LogP contribution in [0.1, 0.15) is 6.92 Å². The lowest BCUT2D eigenvalue weighted by molar-refractivity contribution is 1.07. The van der Waals surface area contributed by atoms with E-state index < -0.39 is 0 Å². The summed E-state index contributed by atoms with van der Waals surface area (Å²) in [7, 11) is 0. The molecule has 2 heteroatoms. The molecular weight excluding hydrogens is 142 g/mol. The van der Waals surface area contributed by atoms with Gasteiger partial charge in [0, 0.05) is 22.1 Å². The summed E-state index contributed by atoms with van der Waals surface area (Å²) in [5.41, 5.74) is 1.28. The molecule has 0 bridgehead atoms. The van der Waals surface area contributed by atoms with Crippen molar-refractivity contribution in [2.75, 3.05) is 0 Å². The first-order valence-corrected chi connectivity index (χ1v) is 4.26. The van der Waals surface area contributed by atoms with E-state index in [1.165, 1.54) is 10.6 Å². The Morgan fingerprint density at radius 2 is 2.50 bits per heavy atom. The van der Waals surface area contributed by atoms with Crippen LogP contribution in [0, 0.1) is 0 Å². The number of allylic oxidation sites excluding steroid dienone is 2. The first kappa shape index (κ1) is 6.10. The average Bonchev–Trinajstić information content (AvgIpc) is 2.27. The maximum atomic E-state index is 3.20. The molecule has 0 aromatic rings. The zero-order valence-electron chi connectivity index (χ0n) is 5.79. The zero-order chi connectivity index (χ0) is 6.97. The van der Waals surface area contributed by atoms with Crippen molar-refractivity contribution in [2.24, 2.45) is 0 Å². The summed E-state index contributed by atoms with van der Waals surface area (Å²) >= 11 is 1.90. The molecule has 2 heterocycles. The van der Waals surface area contributed by atoms with Crippen LogP contribution in [0.25, 0.3) is 0 Å². The highest BCUT2D eigenvalue weighted by atomic mass is 32.2. The highest BCUT2D eigenvalue weighted by Crippen LogP contribution is 2.36. The molecule has 0 amide bonds. The average molecular weight is 151 g/mol. The van der Waals surface area contributed by atoms with Crippen LogP contribution in [0.5, 0.6) is 0 Å². The molecule has 1 atom stereocenters. The molecule has 0 saturated carbocycles. The number of hydrogen-bond donors (Lipinski definition) is 1. The number of thioether (sulfide) groups is 1. The highest BCUT2D eigenvalue weighted by molar-refractivity contribution is 8.04. The van der Waals surface area contributed by atoms with Crippen LogP contribution in [0.4, 0.5) is 0 Å². The van der Waals surface area contributed by atoms with Gasteiger partial charge in [-0.05, 0) is 25.2 Å². The minimum Gasteiger partial charge on any atom is -0.361 e. The lowest BCUT2D eigenvalue weighted by atomic mass is 10.3. The van der Waals surface area contributed by atoms with E-state index in [1.54, 1.807) is 0 Å². The minimum absolute atomic E-state index is 0.633. The van der Waals surface area contributed by atoms with Crippen LogP contribution < -0.4 is 5.32 Å². The fraction of sp³-hybridized carbons (Fsp3) is 0.250. The summed E-state index contributed by atoms with van der Waals surface area (Å²) in [5, 5.41) is 3.84. The summed E-state index contributed by atoms with van der Waals surface area (Å²) in [6.07, 6.45) is 8.40. The summed E-state index contributed by atoms with van der Waals surface area (Å²) in [5.74, 6) is 0. The molecule has 0 aromatic carbocycles. The standard InChI is InChI=1S/C8H9NS/c1-6-5-7-8(10-6)3-2-4-9-7/h2-6,9H,1H3. The lowest BCUT2D eigenvalue weighted by Crippen LogP contribution is -2.05. The topological polar surface area (TPSA) is 12.0 Å². The van der Waals surface area contributed by atoms with Gasteiger partial charge >= 0.3 is 0 Å². The molecule has 0 aromatic heterocycles. The van der Waals surface area contributed by atoms with Crippen LogP contribution in [0.3, 0.4) is 0 Å². The molecule has 2 rings (SSSR count). The molecule has 2 aliphatic heterocycles. The SMILES string of the molecule is CC1C=C2NC=CC=C2S1. The van der Waals surface area contributed by atoms with Crippen LogP contribution in [0.15, 0.2) is 35.0 Å². The van der Waals surface area contributed by atoms with Crippen LogP contribution in [0.2, 0.25) is 0 Å². The van der Waals surface area contributed by atoms with Crippen molar-refractivity contribution in [2.45, 2.75) is 12.2 Å². The number of rotatable bonds is 0. The molecule has 0 radical (unpaired) electrons. The minimum atomic E-state index is 0.633. The van der Waals surface area contributed by atoms with Crippen LogP contribution >= 0.6 is 11.8 Å². The third-order valence-electron chi connectivity index (χ3n) is 1.56. The van der Waals surface area contributed by atoms with Gasteiger partial charge in [0.05, 0.1) is 0 Å². The summed E-state index contributed by atoms with van der Waals surface area (Å²) in [6.45, 7) is 2.21. The van der Waals surface area contributed by atoms with E-state index in [0.29, 0.717) is 5.25 Å². The molecular formula is C8H9NS. The Morgan fingerprint density at radius 1 is 1.60 bits per heavy atom.